The van der Waals surface area contributed by atoms with Crippen LogP contribution in [0.5, 0.6) is 0 Å². The van der Waals surface area contributed by atoms with E-state index in [1.807, 2.05) is 49.4 Å². The van der Waals surface area contributed by atoms with E-state index in [4.69, 9.17) is 4.74 Å². The molecule has 1 unspecified atom stereocenters. The van der Waals surface area contributed by atoms with E-state index in [0.717, 1.165) is 21.9 Å². The zero-order chi connectivity index (χ0) is 22.2. The quantitative estimate of drug-likeness (QED) is 0.542. The Labute approximate surface area is 183 Å². The van der Waals surface area contributed by atoms with Crippen molar-refractivity contribution in [3.63, 3.8) is 0 Å². The topological polar surface area (TPSA) is 63.7 Å². The Morgan fingerprint density at radius 2 is 1.68 bits per heavy atom. The maximum atomic E-state index is 13.6. The molecule has 1 atom stereocenters. The maximum absolute atomic E-state index is 13.6. The number of carbonyl (C=O) groups excluding carboxylic acids is 1. The van der Waals surface area contributed by atoms with E-state index in [0.29, 0.717) is 5.57 Å². The van der Waals surface area contributed by atoms with Gasteiger partial charge in [0.1, 0.15) is 0 Å². The summed E-state index contributed by atoms with van der Waals surface area (Å²) in [6.45, 7) is 5.57. The monoisotopic (exact) mass is 435 g/mol. The molecule has 1 heterocycles. The number of rotatable bonds is 5. The molecule has 0 bridgehead atoms. The fraction of sp³-hybridized carbons (Fsp3) is 0.240. The van der Waals surface area contributed by atoms with Gasteiger partial charge in [-0.2, -0.15) is 4.31 Å². The largest absolute Gasteiger partial charge is 0.460 e. The Bertz CT molecular complexity index is 1250. The van der Waals surface area contributed by atoms with Gasteiger partial charge in [-0.25, -0.2) is 13.2 Å². The summed E-state index contributed by atoms with van der Waals surface area (Å²) in [6, 6.07) is 19.5. The van der Waals surface area contributed by atoms with Crippen LogP contribution in [0.3, 0.4) is 0 Å². The van der Waals surface area contributed by atoms with Gasteiger partial charge >= 0.3 is 5.97 Å². The minimum Gasteiger partial charge on any atom is -0.460 e. The number of aryl methyl sites for hydroxylation is 1. The number of esters is 1. The fourth-order valence-electron chi connectivity index (χ4n) is 3.93. The first-order chi connectivity index (χ1) is 14.8. The summed E-state index contributed by atoms with van der Waals surface area (Å²) >= 11 is 0. The number of hydrogen-bond acceptors (Lipinski definition) is 4. The van der Waals surface area contributed by atoms with Gasteiger partial charge < -0.3 is 4.74 Å². The number of nitrogens with zero attached hydrogens (tertiary/aromatic N) is 1. The number of ether oxygens (including phenoxy) is 1. The van der Waals surface area contributed by atoms with Crippen LogP contribution < -0.4 is 0 Å². The molecule has 1 aliphatic rings. The van der Waals surface area contributed by atoms with Crippen LogP contribution in [-0.4, -0.2) is 31.3 Å². The number of benzene rings is 3. The SMILES string of the molecule is Cc1ccc(S(=O)(=O)N2CC=C(C(=O)OC(C)C)C2c2cccc3ccccc23)cc1. The van der Waals surface area contributed by atoms with Crippen LogP contribution in [0.15, 0.2) is 83.3 Å². The van der Waals surface area contributed by atoms with Crippen LogP contribution in [0.2, 0.25) is 0 Å². The summed E-state index contributed by atoms with van der Waals surface area (Å²) in [5.74, 6) is -0.491. The van der Waals surface area contributed by atoms with E-state index in [1.54, 1.807) is 44.2 Å². The second-order valence-corrected chi connectivity index (χ2v) is 9.86. The lowest BCUT2D eigenvalue weighted by atomic mass is 9.95. The Morgan fingerprint density at radius 1 is 1.00 bits per heavy atom. The molecule has 0 saturated carbocycles. The van der Waals surface area contributed by atoms with Gasteiger partial charge in [-0.15, -0.1) is 0 Å². The molecule has 0 aromatic heterocycles. The Morgan fingerprint density at radius 3 is 2.39 bits per heavy atom. The summed E-state index contributed by atoms with van der Waals surface area (Å²) in [4.78, 5) is 13.1. The molecule has 0 fully saturated rings. The molecule has 31 heavy (non-hydrogen) atoms. The second-order valence-electron chi connectivity index (χ2n) is 7.97. The van der Waals surface area contributed by atoms with Crippen LogP contribution in [0.4, 0.5) is 0 Å². The highest BCUT2D eigenvalue weighted by atomic mass is 32.2. The first-order valence-electron chi connectivity index (χ1n) is 10.3. The van der Waals surface area contributed by atoms with Crippen molar-refractivity contribution in [3.8, 4) is 0 Å². The third-order valence-electron chi connectivity index (χ3n) is 5.40. The van der Waals surface area contributed by atoms with E-state index in [1.165, 1.54) is 4.31 Å². The van der Waals surface area contributed by atoms with Gasteiger partial charge in [0.05, 0.1) is 22.6 Å². The smallest absolute Gasteiger partial charge is 0.335 e. The van der Waals surface area contributed by atoms with Crippen LogP contribution in [0.25, 0.3) is 10.8 Å². The average Bonchev–Trinajstić information content (AvgIpc) is 3.19. The van der Waals surface area contributed by atoms with Gasteiger partial charge in [0, 0.05) is 6.54 Å². The number of fused-ring (bicyclic) bond motifs is 1. The zero-order valence-corrected chi connectivity index (χ0v) is 18.6. The first kappa shape index (κ1) is 21.3. The molecule has 0 N–H and O–H groups in total. The number of hydrogen-bond donors (Lipinski definition) is 0. The summed E-state index contributed by atoms with van der Waals surface area (Å²) in [5.41, 5.74) is 2.09. The molecule has 3 aromatic carbocycles. The highest BCUT2D eigenvalue weighted by Gasteiger charge is 2.41. The van der Waals surface area contributed by atoms with Crippen LogP contribution in [0, 0.1) is 6.92 Å². The lowest BCUT2D eigenvalue weighted by Crippen LogP contribution is -2.33. The first-order valence-corrected chi connectivity index (χ1v) is 11.7. The van der Waals surface area contributed by atoms with Crippen molar-refractivity contribution in [3.05, 3.63) is 89.5 Å². The predicted octanol–water partition coefficient (Wildman–Crippen LogP) is 4.77. The Hall–Kier alpha value is -2.96. The zero-order valence-electron chi connectivity index (χ0n) is 17.8. The molecule has 160 valence electrons. The molecule has 6 heteroatoms. The molecule has 0 saturated heterocycles. The van der Waals surface area contributed by atoms with Crippen molar-refractivity contribution in [1.29, 1.82) is 0 Å². The lowest BCUT2D eigenvalue weighted by molar-refractivity contribution is -0.143. The lowest BCUT2D eigenvalue weighted by Gasteiger charge is -2.28. The molecule has 5 nitrogen and oxygen atoms in total. The molecular formula is C25H25NO4S. The number of carbonyl (C=O) groups is 1. The summed E-state index contributed by atoms with van der Waals surface area (Å²) in [6.07, 6.45) is 1.37. The normalized spacial score (nSPS) is 17.2. The van der Waals surface area contributed by atoms with Crippen molar-refractivity contribution < 1.29 is 17.9 Å². The molecule has 1 aliphatic heterocycles. The third kappa shape index (κ3) is 4.01. The van der Waals surface area contributed by atoms with Gasteiger partial charge in [-0.1, -0.05) is 66.2 Å². The Balaban J connectivity index is 1.86. The Kier molecular flexibility index (Phi) is 5.69. The van der Waals surface area contributed by atoms with Gasteiger partial charge in [-0.3, -0.25) is 0 Å². The van der Waals surface area contributed by atoms with E-state index < -0.39 is 22.0 Å². The molecule has 3 aromatic rings. The van der Waals surface area contributed by atoms with E-state index in [9.17, 15) is 13.2 Å². The summed E-state index contributed by atoms with van der Waals surface area (Å²) < 4.78 is 34.0. The van der Waals surface area contributed by atoms with Gasteiger partial charge in [0.25, 0.3) is 0 Å². The van der Waals surface area contributed by atoms with Gasteiger partial charge in [-0.05, 0) is 49.2 Å². The second kappa shape index (κ2) is 8.29. The molecule has 0 aliphatic carbocycles. The maximum Gasteiger partial charge on any atom is 0.335 e. The molecule has 4 rings (SSSR count). The average molecular weight is 436 g/mol. The van der Waals surface area contributed by atoms with Crippen molar-refractivity contribution in [2.24, 2.45) is 0 Å². The number of sulfonamides is 1. The predicted molar refractivity (Wildman–Crippen MR) is 121 cm³/mol. The summed E-state index contributed by atoms with van der Waals surface area (Å²) in [7, 11) is -3.84. The van der Waals surface area contributed by atoms with Gasteiger partial charge in [0.15, 0.2) is 0 Å². The summed E-state index contributed by atoms with van der Waals surface area (Å²) in [5, 5.41) is 1.89. The van der Waals surface area contributed by atoms with Crippen molar-refractivity contribution in [2.75, 3.05) is 6.54 Å². The van der Waals surface area contributed by atoms with Crippen molar-refractivity contribution in [2.45, 2.75) is 37.8 Å². The highest BCUT2D eigenvalue weighted by molar-refractivity contribution is 7.89. The molecular weight excluding hydrogens is 410 g/mol. The minimum absolute atomic E-state index is 0.104. The van der Waals surface area contributed by atoms with E-state index >= 15 is 0 Å². The highest BCUT2D eigenvalue weighted by Crippen LogP contribution is 2.41. The van der Waals surface area contributed by atoms with Crippen LogP contribution >= 0.6 is 0 Å². The van der Waals surface area contributed by atoms with Gasteiger partial charge in [0.2, 0.25) is 10.0 Å². The minimum atomic E-state index is -3.84. The van der Waals surface area contributed by atoms with Crippen molar-refractivity contribution >= 4 is 26.8 Å². The van der Waals surface area contributed by atoms with E-state index in [2.05, 4.69) is 0 Å². The van der Waals surface area contributed by atoms with Crippen molar-refractivity contribution in [1.82, 2.24) is 4.31 Å². The van der Waals surface area contributed by atoms with Crippen LogP contribution in [-0.2, 0) is 19.6 Å². The third-order valence-corrected chi connectivity index (χ3v) is 7.24. The fourth-order valence-corrected chi connectivity index (χ4v) is 5.46. The standard InChI is InChI=1S/C25H25NO4S/c1-17(2)30-25(27)23-15-16-26(31(28,29)20-13-11-18(3)12-14-20)24(23)22-10-6-8-19-7-4-5-9-21(19)22/h4-15,17,24H,16H2,1-3H3. The molecule has 0 amide bonds. The molecule has 0 spiro atoms. The van der Waals surface area contributed by atoms with Crippen LogP contribution in [0.1, 0.15) is 31.0 Å². The molecule has 0 radical (unpaired) electrons. The van der Waals surface area contributed by atoms with E-state index in [-0.39, 0.29) is 17.5 Å².